The molecule has 42 heavy (non-hydrogen) atoms. The molecule has 0 spiro atoms. The van der Waals surface area contributed by atoms with E-state index < -0.39 is 42.3 Å². The number of ether oxygens (including phenoxy) is 6. The molecule has 238 valence electrons. The number of carboxylic acids is 1. The Morgan fingerprint density at radius 3 is 1.74 bits per heavy atom. The van der Waals surface area contributed by atoms with Gasteiger partial charge < -0.3 is 39.3 Å². The first kappa shape index (κ1) is 36.5. The molecule has 0 amide bonds. The van der Waals surface area contributed by atoms with E-state index in [0.717, 1.165) is 0 Å². The number of nitrogens with two attached hydrogens (primary N) is 1. The molecule has 0 heterocycles. The lowest BCUT2D eigenvalue weighted by atomic mass is 9.82. The zero-order valence-electron chi connectivity index (χ0n) is 26.3. The molecule has 4 atom stereocenters. The van der Waals surface area contributed by atoms with Gasteiger partial charge in [-0.3, -0.25) is 4.79 Å². The van der Waals surface area contributed by atoms with Crippen molar-refractivity contribution in [3.63, 3.8) is 0 Å². The van der Waals surface area contributed by atoms with Crippen LogP contribution in [-0.4, -0.2) is 61.5 Å². The van der Waals surface area contributed by atoms with Crippen LogP contribution >= 0.6 is 0 Å². The molecule has 0 aliphatic rings. The molecule has 0 aromatic heterocycles. The number of benzene rings is 1. The van der Waals surface area contributed by atoms with Crippen LogP contribution < -0.4 is 15.2 Å². The van der Waals surface area contributed by atoms with Crippen molar-refractivity contribution in [3.05, 3.63) is 23.8 Å². The summed E-state index contributed by atoms with van der Waals surface area (Å²) in [4.78, 5) is 49.0. The molecule has 0 aliphatic carbocycles. The molecule has 3 unspecified atom stereocenters. The van der Waals surface area contributed by atoms with Crippen molar-refractivity contribution >= 4 is 24.4 Å². The largest absolute Gasteiger partial charge is 0.513 e. The van der Waals surface area contributed by atoms with E-state index in [4.69, 9.17) is 34.2 Å². The van der Waals surface area contributed by atoms with Crippen LogP contribution in [0.25, 0.3) is 0 Å². The number of rotatable bonds is 12. The summed E-state index contributed by atoms with van der Waals surface area (Å²) >= 11 is 0. The first-order valence-corrected chi connectivity index (χ1v) is 13.8. The summed E-state index contributed by atoms with van der Waals surface area (Å²) in [6, 6.07) is 2.70. The number of carbonyl (C=O) groups is 4. The van der Waals surface area contributed by atoms with Crippen molar-refractivity contribution in [2.75, 3.05) is 19.8 Å². The van der Waals surface area contributed by atoms with Gasteiger partial charge in [-0.05, 0) is 47.3 Å². The van der Waals surface area contributed by atoms with Crippen LogP contribution in [0, 0.1) is 22.7 Å². The molecule has 0 aliphatic heterocycles. The molecule has 0 saturated heterocycles. The van der Waals surface area contributed by atoms with Crippen molar-refractivity contribution in [1.29, 1.82) is 0 Å². The van der Waals surface area contributed by atoms with E-state index in [-0.39, 0.29) is 54.2 Å². The highest BCUT2D eigenvalue weighted by atomic mass is 16.7. The summed E-state index contributed by atoms with van der Waals surface area (Å²) in [6.45, 7) is 18.3. The molecule has 1 aromatic rings. The number of hydrogen-bond donors (Lipinski definition) is 2. The van der Waals surface area contributed by atoms with Crippen LogP contribution in [0.5, 0.6) is 11.5 Å². The number of aliphatic carboxylic acids is 1. The fourth-order valence-electron chi connectivity index (χ4n) is 3.35. The quantitative estimate of drug-likeness (QED) is 0.160. The summed E-state index contributed by atoms with van der Waals surface area (Å²) in [5.74, 6) is -3.16. The van der Waals surface area contributed by atoms with Gasteiger partial charge in [-0.2, -0.15) is 0 Å². The normalized spacial score (nSPS) is 14.7. The Hall–Kier alpha value is -3.54. The molecule has 1 rings (SSSR count). The maximum Gasteiger partial charge on any atom is 0.513 e. The number of hydrogen-bond acceptors (Lipinski definition) is 11. The van der Waals surface area contributed by atoms with E-state index >= 15 is 0 Å². The van der Waals surface area contributed by atoms with Gasteiger partial charge in [0.1, 0.15) is 12.1 Å². The Morgan fingerprint density at radius 1 is 0.786 bits per heavy atom. The van der Waals surface area contributed by atoms with Crippen LogP contribution in [-0.2, 0) is 23.7 Å². The zero-order valence-corrected chi connectivity index (χ0v) is 26.3. The van der Waals surface area contributed by atoms with E-state index in [9.17, 15) is 24.3 Å². The minimum Gasteiger partial charge on any atom is -0.480 e. The zero-order chi connectivity index (χ0) is 32.4. The Balaban J connectivity index is 3.33. The Morgan fingerprint density at radius 2 is 1.29 bits per heavy atom. The van der Waals surface area contributed by atoms with E-state index in [2.05, 4.69) is 0 Å². The second-order valence-corrected chi connectivity index (χ2v) is 13.1. The van der Waals surface area contributed by atoms with Crippen LogP contribution in [0.15, 0.2) is 18.2 Å². The molecular formula is C30H47NO11. The summed E-state index contributed by atoms with van der Waals surface area (Å²) in [6.07, 6.45) is -3.37. The van der Waals surface area contributed by atoms with Gasteiger partial charge in [0.25, 0.3) is 0 Å². The molecule has 1 aromatic carbocycles. The SMILES string of the molecule is CC(C)C(C)OC(=O)OCC(C)C(c1ccc(OC(=O)OCC(C)(C)C)c(OC(=O)OCC(C)(C)C)c1)[C@H](N)C(=O)O. The lowest BCUT2D eigenvalue weighted by molar-refractivity contribution is -0.139. The van der Waals surface area contributed by atoms with Crippen molar-refractivity contribution in [3.8, 4) is 11.5 Å². The fraction of sp³-hybridized carbons (Fsp3) is 0.667. The average Bonchev–Trinajstić information content (AvgIpc) is 2.85. The first-order valence-electron chi connectivity index (χ1n) is 13.8. The standard InChI is InChI=1S/C30H47NO11/c1-17(2)19(4)40-26(34)37-14-18(3)23(24(31)25(32)33)20-11-12-21(41-27(35)38-15-29(5,6)7)22(13-20)42-28(36)39-16-30(8,9)10/h11-13,17-19,23-24H,14-16,31H2,1-10H3,(H,32,33)/t18?,19?,23?,24-/m0/s1. The Bertz CT molecular complexity index is 1070. The molecular weight excluding hydrogens is 550 g/mol. The smallest absolute Gasteiger partial charge is 0.480 e. The maximum atomic E-state index is 12.5. The molecule has 0 radical (unpaired) electrons. The van der Waals surface area contributed by atoms with Crippen LogP contribution in [0.4, 0.5) is 14.4 Å². The van der Waals surface area contributed by atoms with Gasteiger partial charge in [-0.25, -0.2) is 14.4 Å². The summed E-state index contributed by atoms with van der Waals surface area (Å²) in [5.41, 5.74) is 5.71. The minimum atomic E-state index is -1.43. The van der Waals surface area contributed by atoms with Crippen molar-refractivity contribution in [2.24, 2.45) is 28.4 Å². The van der Waals surface area contributed by atoms with E-state index in [1.54, 1.807) is 13.8 Å². The maximum absolute atomic E-state index is 12.5. The average molecular weight is 598 g/mol. The van der Waals surface area contributed by atoms with Crippen LogP contribution in [0.2, 0.25) is 0 Å². The molecule has 0 saturated carbocycles. The lowest BCUT2D eigenvalue weighted by Gasteiger charge is -2.28. The van der Waals surface area contributed by atoms with Crippen LogP contribution in [0.3, 0.4) is 0 Å². The summed E-state index contributed by atoms with van der Waals surface area (Å²) < 4.78 is 31.5. The highest BCUT2D eigenvalue weighted by Crippen LogP contribution is 2.36. The van der Waals surface area contributed by atoms with E-state index in [0.29, 0.717) is 5.56 Å². The predicted octanol–water partition coefficient (Wildman–Crippen LogP) is 6.14. The Labute approximate surface area is 248 Å². The minimum absolute atomic E-state index is 0.0434. The van der Waals surface area contributed by atoms with Gasteiger partial charge >= 0.3 is 24.4 Å². The highest BCUT2D eigenvalue weighted by molar-refractivity contribution is 5.75. The van der Waals surface area contributed by atoms with Gasteiger partial charge in [0.15, 0.2) is 11.5 Å². The highest BCUT2D eigenvalue weighted by Gasteiger charge is 2.33. The van der Waals surface area contributed by atoms with Gasteiger partial charge in [0.05, 0.1) is 19.8 Å². The third-order valence-corrected chi connectivity index (χ3v) is 5.96. The predicted molar refractivity (Wildman–Crippen MR) is 154 cm³/mol. The third-order valence-electron chi connectivity index (χ3n) is 5.96. The van der Waals surface area contributed by atoms with Gasteiger partial charge in [0, 0.05) is 5.92 Å². The Kier molecular flexibility index (Phi) is 13.6. The van der Waals surface area contributed by atoms with Gasteiger partial charge in [-0.1, -0.05) is 68.4 Å². The molecule has 0 bridgehead atoms. The second kappa shape index (κ2) is 15.6. The monoisotopic (exact) mass is 597 g/mol. The second-order valence-electron chi connectivity index (χ2n) is 13.1. The van der Waals surface area contributed by atoms with Gasteiger partial charge in [-0.15, -0.1) is 0 Å². The molecule has 0 fully saturated rings. The fourth-order valence-corrected chi connectivity index (χ4v) is 3.35. The van der Waals surface area contributed by atoms with Gasteiger partial charge in [0.2, 0.25) is 0 Å². The lowest BCUT2D eigenvalue weighted by Crippen LogP contribution is -2.40. The topological polar surface area (TPSA) is 170 Å². The van der Waals surface area contributed by atoms with E-state index in [1.807, 2.05) is 55.4 Å². The van der Waals surface area contributed by atoms with Crippen molar-refractivity contribution < 1.29 is 52.7 Å². The third kappa shape index (κ3) is 13.4. The van der Waals surface area contributed by atoms with Crippen molar-refractivity contribution in [1.82, 2.24) is 0 Å². The number of carbonyl (C=O) groups excluding carboxylic acids is 3. The number of carboxylic acid groups (broad SMARTS) is 1. The first-order chi connectivity index (χ1) is 19.2. The van der Waals surface area contributed by atoms with E-state index in [1.165, 1.54) is 18.2 Å². The summed E-state index contributed by atoms with van der Waals surface area (Å²) in [7, 11) is 0. The summed E-state index contributed by atoms with van der Waals surface area (Å²) in [5, 5.41) is 9.73. The molecule has 12 heteroatoms. The van der Waals surface area contributed by atoms with Crippen molar-refractivity contribution in [2.45, 2.75) is 87.3 Å². The molecule has 3 N–H and O–H groups in total. The molecule has 12 nitrogen and oxygen atoms in total. The van der Waals surface area contributed by atoms with Crippen LogP contribution in [0.1, 0.15) is 80.7 Å².